The van der Waals surface area contributed by atoms with Crippen molar-refractivity contribution in [2.45, 2.75) is 17.1 Å². The quantitative estimate of drug-likeness (QED) is 0.574. The van der Waals surface area contributed by atoms with Crippen LogP contribution in [0.1, 0.15) is 6.92 Å². The highest BCUT2D eigenvalue weighted by Crippen LogP contribution is 2.24. The summed E-state index contributed by atoms with van der Waals surface area (Å²) in [5.41, 5.74) is 4.67. The topological polar surface area (TPSA) is 67.4 Å². The monoisotopic (exact) mass is 398 g/mol. The maximum Gasteiger partial charge on any atom is 0.276 e. The zero-order valence-electron chi connectivity index (χ0n) is 13.3. The molecule has 132 valence electrons. The summed E-state index contributed by atoms with van der Waals surface area (Å²) in [5.74, 6) is -0.416. The van der Waals surface area contributed by atoms with Crippen LogP contribution in [0.4, 0.5) is 0 Å². The molecule has 0 radical (unpaired) electrons. The lowest BCUT2D eigenvalue weighted by Crippen LogP contribution is -2.46. The first-order valence-electron chi connectivity index (χ1n) is 7.34. The van der Waals surface area contributed by atoms with Crippen molar-refractivity contribution in [1.29, 1.82) is 0 Å². The predicted molar refractivity (Wildman–Crippen MR) is 100 cm³/mol. The standard InChI is InChI=1S/C17H16Cl2N2O3S/c1-11(25-13-8-6-12(18)7-9-13)17(23)21-20-16(22)10-24-15-5-3-2-4-14(15)19/h2-9,11H,10H2,1H3,(H,20,22)(H,21,23)/t11-/m1/s1. The molecule has 0 fully saturated rings. The first kappa shape index (κ1) is 19.4. The highest BCUT2D eigenvalue weighted by Gasteiger charge is 2.15. The molecule has 0 aliphatic heterocycles. The fraction of sp³-hybridized carbons (Fsp3) is 0.176. The van der Waals surface area contributed by atoms with Crippen LogP contribution in [-0.2, 0) is 9.59 Å². The molecule has 2 rings (SSSR count). The van der Waals surface area contributed by atoms with Crippen LogP contribution in [0.25, 0.3) is 0 Å². The van der Waals surface area contributed by atoms with Crippen molar-refractivity contribution in [1.82, 2.24) is 10.9 Å². The minimum Gasteiger partial charge on any atom is -0.482 e. The molecule has 0 aromatic heterocycles. The van der Waals surface area contributed by atoms with Gasteiger partial charge in [0.25, 0.3) is 11.8 Å². The Bertz CT molecular complexity index is 741. The van der Waals surface area contributed by atoms with Gasteiger partial charge in [0, 0.05) is 9.92 Å². The zero-order chi connectivity index (χ0) is 18.2. The summed E-state index contributed by atoms with van der Waals surface area (Å²) in [4.78, 5) is 24.7. The van der Waals surface area contributed by atoms with Gasteiger partial charge in [0.1, 0.15) is 5.75 Å². The normalized spacial score (nSPS) is 11.5. The van der Waals surface area contributed by atoms with Gasteiger partial charge in [-0.1, -0.05) is 35.3 Å². The molecule has 0 aliphatic carbocycles. The van der Waals surface area contributed by atoms with Crippen molar-refractivity contribution >= 4 is 46.8 Å². The number of hydrogen-bond acceptors (Lipinski definition) is 4. The molecule has 25 heavy (non-hydrogen) atoms. The molecule has 0 unspecified atom stereocenters. The Morgan fingerprint density at radius 1 is 1.08 bits per heavy atom. The van der Waals surface area contributed by atoms with Gasteiger partial charge in [-0.2, -0.15) is 0 Å². The maximum absolute atomic E-state index is 12.0. The number of carbonyl (C=O) groups excluding carboxylic acids is 2. The van der Waals surface area contributed by atoms with E-state index in [4.69, 9.17) is 27.9 Å². The number of benzene rings is 2. The molecule has 8 heteroatoms. The van der Waals surface area contributed by atoms with Crippen LogP contribution in [0.5, 0.6) is 5.75 Å². The predicted octanol–water partition coefficient (Wildman–Crippen LogP) is 3.70. The molecular formula is C17H16Cl2N2O3S. The molecule has 0 spiro atoms. The van der Waals surface area contributed by atoms with E-state index in [0.29, 0.717) is 15.8 Å². The van der Waals surface area contributed by atoms with E-state index >= 15 is 0 Å². The van der Waals surface area contributed by atoms with Crippen molar-refractivity contribution in [2.24, 2.45) is 0 Å². The molecule has 2 amide bonds. The fourth-order valence-corrected chi connectivity index (χ4v) is 2.93. The van der Waals surface area contributed by atoms with E-state index in [0.717, 1.165) is 4.90 Å². The number of halogens is 2. The molecule has 0 saturated heterocycles. The van der Waals surface area contributed by atoms with Gasteiger partial charge in [-0.15, -0.1) is 11.8 Å². The van der Waals surface area contributed by atoms with Gasteiger partial charge in [-0.05, 0) is 43.3 Å². The van der Waals surface area contributed by atoms with Gasteiger partial charge in [0.05, 0.1) is 10.3 Å². The number of rotatable bonds is 6. The minimum atomic E-state index is -0.489. The van der Waals surface area contributed by atoms with Crippen molar-refractivity contribution in [3.8, 4) is 5.75 Å². The summed E-state index contributed by atoms with van der Waals surface area (Å²) in [6.07, 6.45) is 0. The van der Waals surface area contributed by atoms with Gasteiger partial charge in [-0.25, -0.2) is 0 Å². The van der Waals surface area contributed by atoms with Crippen LogP contribution in [0, 0.1) is 0 Å². The molecule has 2 N–H and O–H groups in total. The second-order valence-corrected chi connectivity index (χ2v) is 7.23. The van der Waals surface area contributed by atoms with Gasteiger partial charge in [0.15, 0.2) is 6.61 Å². The Morgan fingerprint density at radius 3 is 2.44 bits per heavy atom. The van der Waals surface area contributed by atoms with E-state index < -0.39 is 11.2 Å². The molecule has 0 aliphatic rings. The molecule has 0 bridgehead atoms. The van der Waals surface area contributed by atoms with Crippen molar-refractivity contribution in [3.05, 3.63) is 58.6 Å². The second kappa shape index (κ2) is 9.56. The van der Waals surface area contributed by atoms with Crippen molar-refractivity contribution in [2.75, 3.05) is 6.61 Å². The zero-order valence-corrected chi connectivity index (χ0v) is 15.6. The Labute approximate surface area is 160 Å². The SMILES string of the molecule is C[C@@H](Sc1ccc(Cl)cc1)C(=O)NNC(=O)COc1ccccc1Cl. The van der Waals surface area contributed by atoms with Crippen LogP contribution < -0.4 is 15.6 Å². The Morgan fingerprint density at radius 2 is 1.76 bits per heavy atom. The molecule has 5 nitrogen and oxygen atoms in total. The summed E-state index contributed by atoms with van der Waals surface area (Å²) in [6.45, 7) is 1.48. The van der Waals surface area contributed by atoms with E-state index in [1.54, 1.807) is 43.3 Å². The third kappa shape index (κ3) is 6.49. The average molecular weight is 399 g/mol. The molecule has 0 heterocycles. The number of ether oxygens (including phenoxy) is 1. The molecule has 2 aromatic carbocycles. The number of para-hydroxylation sites is 1. The highest BCUT2D eigenvalue weighted by atomic mass is 35.5. The Kier molecular flexibility index (Phi) is 7.43. The first-order valence-corrected chi connectivity index (χ1v) is 8.97. The molecular weight excluding hydrogens is 383 g/mol. The van der Waals surface area contributed by atoms with E-state index in [1.807, 2.05) is 12.1 Å². The largest absolute Gasteiger partial charge is 0.482 e. The summed E-state index contributed by atoms with van der Waals surface area (Å²) in [6, 6.07) is 14.0. The summed E-state index contributed by atoms with van der Waals surface area (Å²) >= 11 is 13.1. The maximum atomic E-state index is 12.0. The number of thioether (sulfide) groups is 1. The average Bonchev–Trinajstić information content (AvgIpc) is 2.60. The van der Waals surface area contributed by atoms with Gasteiger partial charge >= 0.3 is 0 Å². The van der Waals surface area contributed by atoms with Crippen LogP contribution >= 0.6 is 35.0 Å². The number of carbonyl (C=O) groups is 2. The number of hydrogen-bond donors (Lipinski definition) is 2. The lowest BCUT2D eigenvalue weighted by Gasteiger charge is -2.13. The van der Waals surface area contributed by atoms with E-state index in [1.165, 1.54) is 11.8 Å². The van der Waals surface area contributed by atoms with Gasteiger partial charge in [-0.3, -0.25) is 20.4 Å². The smallest absolute Gasteiger partial charge is 0.276 e. The number of amides is 2. The number of hydrazine groups is 1. The molecule has 2 aromatic rings. The van der Waals surface area contributed by atoms with E-state index in [-0.39, 0.29) is 12.5 Å². The van der Waals surface area contributed by atoms with Crippen molar-refractivity contribution < 1.29 is 14.3 Å². The third-order valence-electron chi connectivity index (χ3n) is 3.02. The second-order valence-electron chi connectivity index (χ2n) is 4.97. The molecule has 0 saturated carbocycles. The highest BCUT2D eigenvalue weighted by molar-refractivity contribution is 8.00. The Hall–Kier alpha value is -1.89. The lowest BCUT2D eigenvalue weighted by molar-refractivity contribution is -0.129. The minimum absolute atomic E-state index is 0.261. The van der Waals surface area contributed by atoms with Crippen molar-refractivity contribution in [3.63, 3.8) is 0 Å². The van der Waals surface area contributed by atoms with Gasteiger partial charge in [0.2, 0.25) is 0 Å². The summed E-state index contributed by atoms with van der Waals surface area (Å²) in [5, 5.41) is 0.644. The van der Waals surface area contributed by atoms with E-state index in [9.17, 15) is 9.59 Å². The first-order chi connectivity index (χ1) is 12.0. The fourth-order valence-electron chi connectivity index (χ4n) is 1.74. The van der Waals surface area contributed by atoms with Crippen LogP contribution in [0.15, 0.2) is 53.4 Å². The third-order valence-corrected chi connectivity index (χ3v) is 4.69. The lowest BCUT2D eigenvalue weighted by atomic mass is 10.3. The van der Waals surface area contributed by atoms with Crippen LogP contribution in [0.3, 0.4) is 0 Å². The van der Waals surface area contributed by atoms with Crippen LogP contribution in [0.2, 0.25) is 10.0 Å². The van der Waals surface area contributed by atoms with E-state index in [2.05, 4.69) is 10.9 Å². The Balaban J connectivity index is 1.74. The molecule has 1 atom stereocenters. The van der Waals surface area contributed by atoms with Gasteiger partial charge < -0.3 is 4.74 Å². The summed E-state index contributed by atoms with van der Waals surface area (Å²) in [7, 11) is 0. The number of nitrogens with one attached hydrogen (secondary N) is 2. The van der Waals surface area contributed by atoms with Crippen LogP contribution in [-0.4, -0.2) is 23.7 Å². The summed E-state index contributed by atoms with van der Waals surface area (Å²) < 4.78 is 5.29.